The van der Waals surface area contributed by atoms with E-state index in [0.717, 1.165) is 36.9 Å². The van der Waals surface area contributed by atoms with E-state index in [-0.39, 0.29) is 17.9 Å². The van der Waals surface area contributed by atoms with Crippen molar-refractivity contribution in [3.05, 3.63) is 29.8 Å². The predicted octanol–water partition coefficient (Wildman–Crippen LogP) is 1.99. The Morgan fingerprint density at radius 2 is 2.00 bits per heavy atom. The minimum atomic E-state index is -0.454. The van der Waals surface area contributed by atoms with Gasteiger partial charge in [-0.2, -0.15) is 4.99 Å². The van der Waals surface area contributed by atoms with E-state index in [0.29, 0.717) is 5.96 Å². The second kappa shape index (κ2) is 6.74. The monoisotopic (exact) mass is 342 g/mol. The first-order valence-corrected chi connectivity index (χ1v) is 8.78. The predicted molar refractivity (Wildman–Crippen MR) is 100 cm³/mol. The maximum atomic E-state index is 11.4. The first-order chi connectivity index (χ1) is 11.9. The SMILES string of the molecule is CC(=O)NC(C)c1cccc(N2C(N)=NC(N)=NC23CCCCC3)c1. The average molecular weight is 342 g/mol. The van der Waals surface area contributed by atoms with Crippen molar-refractivity contribution < 1.29 is 4.79 Å². The van der Waals surface area contributed by atoms with Crippen molar-refractivity contribution in [2.24, 2.45) is 21.5 Å². The van der Waals surface area contributed by atoms with Crippen LogP contribution in [0.3, 0.4) is 0 Å². The number of benzene rings is 1. The van der Waals surface area contributed by atoms with Crippen LogP contribution in [-0.2, 0) is 4.79 Å². The minimum absolute atomic E-state index is 0.0573. The summed E-state index contributed by atoms with van der Waals surface area (Å²) in [5.41, 5.74) is 13.7. The molecule has 1 aliphatic carbocycles. The van der Waals surface area contributed by atoms with Crippen LogP contribution < -0.4 is 21.7 Å². The lowest BCUT2D eigenvalue weighted by atomic mass is 9.87. The molecule has 134 valence electrons. The normalized spacial score (nSPS) is 20.6. The zero-order chi connectivity index (χ0) is 18.0. The molecule has 0 bridgehead atoms. The summed E-state index contributed by atoms with van der Waals surface area (Å²) in [7, 11) is 0. The number of nitrogens with two attached hydrogens (primary N) is 2. The van der Waals surface area contributed by atoms with E-state index in [2.05, 4.69) is 15.3 Å². The molecule has 0 saturated heterocycles. The van der Waals surface area contributed by atoms with Gasteiger partial charge < -0.3 is 16.8 Å². The largest absolute Gasteiger partial charge is 0.369 e. The summed E-state index contributed by atoms with van der Waals surface area (Å²) in [6.45, 7) is 3.48. The molecule has 2 aliphatic rings. The van der Waals surface area contributed by atoms with Crippen LogP contribution >= 0.6 is 0 Å². The number of hydrogen-bond acceptors (Lipinski definition) is 6. The van der Waals surface area contributed by atoms with Crippen molar-refractivity contribution in [3.8, 4) is 0 Å². The van der Waals surface area contributed by atoms with Gasteiger partial charge in [0.15, 0.2) is 0 Å². The smallest absolute Gasteiger partial charge is 0.220 e. The molecule has 1 heterocycles. The van der Waals surface area contributed by atoms with Crippen LogP contribution in [0.5, 0.6) is 0 Å². The molecule has 1 atom stereocenters. The van der Waals surface area contributed by atoms with Gasteiger partial charge in [0.05, 0.1) is 6.04 Å². The van der Waals surface area contributed by atoms with E-state index in [4.69, 9.17) is 11.5 Å². The number of anilines is 1. The van der Waals surface area contributed by atoms with E-state index in [1.54, 1.807) is 0 Å². The molecule has 1 fully saturated rings. The number of carbonyl (C=O) groups is 1. The number of amides is 1. The summed E-state index contributed by atoms with van der Waals surface area (Å²) in [6.07, 6.45) is 5.16. The van der Waals surface area contributed by atoms with Gasteiger partial charge in [-0.1, -0.05) is 18.6 Å². The maximum absolute atomic E-state index is 11.4. The van der Waals surface area contributed by atoms with E-state index in [1.807, 2.05) is 36.1 Å². The lowest BCUT2D eigenvalue weighted by Gasteiger charge is -2.45. The maximum Gasteiger partial charge on any atom is 0.220 e. The van der Waals surface area contributed by atoms with Gasteiger partial charge >= 0.3 is 0 Å². The highest BCUT2D eigenvalue weighted by atomic mass is 16.1. The first kappa shape index (κ1) is 17.3. The third-order valence-electron chi connectivity index (χ3n) is 4.90. The second-order valence-corrected chi connectivity index (χ2v) is 6.84. The Hall–Kier alpha value is -2.57. The number of nitrogens with zero attached hydrogens (tertiary/aromatic N) is 3. The summed E-state index contributed by atoms with van der Waals surface area (Å²) in [5, 5.41) is 2.91. The Morgan fingerprint density at radius 1 is 1.28 bits per heavy atom. The molecule has 7 heteroatoms. The number of rotatable bonds is 3. The molecule has 1 spiro atoms. The van der Waals surface area contributed by atoms with Crippen LogP contribution in [0.15, 0.2) is 34.3 Å². The van der Waals surface area contributed by atoms with E-state index < -0.39 is 5.66 Å². The van der Waals surface area contributed by atoms with E-state index in [1.165, 1.54) is 13.3 Å². The third-order valence-corrected chi connectivity index (χ3v) is 4.90. The number of carbonyl (C=O) groups excluding carboxylic acids is 1. The van der Waals surface area contributed by atoms with Crippen molar-refractivity contribution in [1.82, 2.24) is 5.32 Å². The fourth-order valence-electron chi connectivity index (χ4n) is 3.82. The topological polar surface area (TPSA) is 109 Å². The number of aliphatic imine (C=N–C) groups is 2. The van der Waals surface area contributed by atoms with Crippen LogP contribution in [0.2, 0.25) is 0 Å². The van der Waals surface area contributed by atoms with E-state index >= 15 is 0 Å². The van der Waals surface area contributed by atoms with Crippen LogP contribution in [0.4, 0.5) is 5.69 Å². The molecular formula is C18H26N6O. The van der Waals surface area contributed by atoms with Crippen molar-refractivity contribution in [2.75, 3.05) is 4.90 Å². The molecule has 1 unspecified atom stereocenters. The van der Waals surface area contributed by atoms with Gasteiger partial charge in [-0.05, 0) is 50.3 Å². The Kier molecular flexibility index (Phi) is 4.65. The van der Waals surface area contributed by atoms with Gasteiger partial charge in [0.2, 0.25) is 17.8 Å². The quantitative estimate of drug-likeness (QED) is 0.780. The Bertz CT molecular complexity index is 720. The highest BCUT2D eigenvalue weighted by molar-refractivity contribution is 6.05. The summed E-state index contributed by atoms with van der Waals surface area (Å²) in [4.78, 5) is 22.2. The summed E-state index contributed by atoms with van der Waals surface area (Å²) in [6, 6.07) is 7.91. The van der Waals surface area contributed by atoms with E-state index in [9.17, 15) is 4.79 Å². The summed E-state index contributed by atoms with van der Waals surface area (Å²) < 4.78 is 0. The molecule has 1 aromatic rings. The molecule has 1 aliphatic heterocycles. The zero-order valence-electron chi connectivity index (χ0n) is 14.8. The van der Waals surface area contributed by atoms with Crippen molar-refractivity contribution in [1.29, 1.82) is 0 Å². The van der Waals surface area contributed by atoms with Gasteiger partial charge in [-0.25, -0.2) is 4.99 Å². The molecule has 1 amide bonds. The Balaban J connectivity index is 1.98. The summed E-state index contributed by atoms with van der Waals surface area (Å²) in [5.74, 6) is 0.565. The molecule has 5 N–H and O–H groups in total. The molecule has 25 heavy (non-hydrogen) atoms. The van der Waals surface area contributed by atoms with Crippen LogP contribution in [-0.4, -0.2) is 23.5 Å². The highest BCUT2D eigenvalue weighted by Crippen LogP contribution is 2.39. The standard InChI is InChI=1S/C18H26N6O/c1-12(21-13(2)25)14-7-6-8-15(11-14)24-17(20)22-16(19)23-18(24)9-4-3-5-10-18/h6-8,11-12H,3-5,9-10H2,1-2H3,(H,21,25)(H4,19,20,22,23). The molecule has 0 radical (unpaired) electrons. The van der Waals surface area contributed by atoms with Crippen LogP contribution in [0.1, 0.15) is 57.6 Å². The lowest BCUT2D eigenvalue weighted by Crippen LogP contribution is -2.58. The summed E-state index contributed by atoms with van der Waals surface area (Å²) >= 11 is 0. The fourth-order valence-corrected chi connectivity index (χ4v) is 3.82. The van der Waals surface area contributed by atoms with Gasteiger partial charge in [0, 0.05) is 12.6 Å². The van der Waals surface area contributed by atoms with Crippen molar-refractivity contribution in [2.45, 2.75) is 57.7 Å². The average Bonchev–Trinajstić information content (AvgIpc) is 2.54. The number of guanidine groups is 2. The molecule has 7 nitrogen and oxygen atoms in total. The van der Waals surface area contributed by atoms with Gasteiger partial charge in [0.25, 0.3) is 0 Å². The van der Waals surface area contributed by atoms with Crippen molar-refractivity contribution in [3.63, 3.8) is 0 Å². The fraction of sp³-hybridized carbons (Fsp3) is 0.500. The van der Waals surface area contributed by atoms with Crippen LogP contribution in [0, 0.1) is 0 Å². The van der Waals surface area contributed by atoms with Crippen molar-refractivity contribution >= 4 is 23.5 Å². The molecule has 3 rings (SSSR count). The Morgan fingerprint density at radius 3 is 2.68 bits per heavy atom. The minimum Gasteiger partial charge on any atom is -0.369 e. The molecule has 1 aromatic carbocycles. The third kappa shape index (κ3) is 3.45. The second-order valence-electron chi connectivity index (χ2n) is 6.84. The van der Waals surface area contributed by atoms with Gasteiger partial charge in [-0.15, -0.1) is 0 Å². The Labute approximate surface area is 148 Å². The zero-order valence-corrected chi connectivity index (χ0v) is 14.8. The first-order valence-electron chi connectivity index (χ1n) is 8.78. The highest BCUT2D eigenvalue weighted by Gasteiger charge is 2.42. The van der Waals surface area contributed by atoms with Gasteiger partial charge in [0.1, 0.15) is 5.66 Å². The molecule has 0 aromatic heterocycles. The van der Waals surface area contributed by atoms with Crippen LogP contribution in [0.25, 0.3) is 0 Å². The number of hydrogen-bond donors (Lipinski definition) is 3. The number of nitrogens with one attached hydrogen (secondary N) is 1. The van der Waals surface area contributed by atoms with Gasteiger partial charge in [-0.3, -0.25) is 9.69 Å². The lowest BCUT2D eigenvalue weighted by molar-refractivity contribution is -0.119. The molecule has 1 saturated carbocycles. The molecular weight excluding hydrogens is 316 g/mol.